The van der Waals surface area contributed by atoms with E-state index in [1.54, 1.807) is 13.8 Å². The minimum absolute atomic E-state index is 0.0601. The minimum Gasteiger partial charge on any atom is -0.462 e. The summed E-state index contributed by atoms with van der Waals surface area (Å²) in [5, 5.41) is 2.81. The van der Waals surface area contributed by atoms with Crippen molar-refractivity contribution < 1.29 is 42.9 Å². The lowest BCUT2D eigenvalue weighted by molar-refractivity contribution is -0.304. The van der Waals surface area contributed by atoms with Crippen molar-refractivity contribution in [2.24, 2.45) is 17.3 Å². The lowest BCUT2D eigenvalue weighted by Gasteiger charge is -2.44. The number of hydrogen-bond acceptors (Lipinski definition) is 9. The first kappa shape index (κ1) is 52.8. The molecule has 1 N–H and O–H groups in total. The van der Waals surface area contributed by atoms with Gasteiger partial charge in [-0.1, -0.05) is 170 Å². The van der Waals surface area contributed by atoms with Crippen LogP contribution in [0.3, 0.4) is 0 Å². The molecule has 10 nitrogen and oxygen atoms in total. The summed E-state index contributed by atoms with van der Waals surface area (Å²) in [6, 6.07) is 0. The molecule has 0 bridgehead atoms. The number of ether oxygens (including phenoxy) is 5. The lowest BCUT2D eigenvalue weighted by Crippen LogP contribution is -2.56. The molecular formula is C47H87NO9. The molecule has 10 heteroatoms. The topological polar surface area (TPSA) is 126 Å². The summed E-state index contributed by atoms with van der Waals surface area (Å²) in [5.41, 5.74) is -0.541. The Morgan fingerprint density at radius 2 is 1.02 bits per heavy atom. The molecule has 0 saturated carbocycles. The van der Waals surface area contributed by atoms with Gasteiger partial charge in [-0.05, 0) is 39.5 Å². The van der Waals surface area contributed by atoms with Crippen LogP contribution in [-0.4, -0.2) is 68.2 Å². The van der Waals surface area contributed by atoms with Gasteiger partial charge in [-0.3, -0.25) is 19.2 Å². The smallest absolute Gasteiger partial charge is 0.309 e. The van der Waals surface area contributed by atoms with Crippen LogP contribution in [-0.2, 0) is 42.9 Å². The number of nitrogens with one attached hydrogen (secondary N) is 1. The van der Waals surface area contributed by atoms with Gasteiger partial charge in [-0.15, -0.1) is 0 Å². The molecule has 0 aromatic rings. The van der Waals surface area contributed by atoms with E-state index in [-0.39, 0.29) is 55.9 Å². The summed E-state index contributed by atoms with van der Waals surface area (Å²) < 4.78 is 29.3. The molecule has 334 valence electrons. The molecule has 0 aromatic carbocycles. The van der Waals surface area contributed by atoms with E-state index in [1.807, 2.05) is 13.8 Å². The van der Waals surface area contributed by atoms with Gasteiger partial charge < -0.3 is 29.0 Å². The van der Waals surface area contributed by atoms with Gasteiger partial charge in [0, 0.05) is 12.0 Å². The molecule has 1 aliphatic rings. The van der Waals surface area contributed by atoms with Gasteiger partial charge in [-0.2, -0.15) is 0 Å². The van der Waals surface area contributed by atoms with Gasteiger partial charge in [0.05, 0.1) is 24.9 Å². The Labute approximate surface area is 348 Å². The van der Waals surface area contributed by atoms with Crippen LogP contribution < -0.4 is 5.32 Å². The molecule has 0 aromatic heterocycles. The van der Waals surface area contributed by atoms with Crippen molar-refractivity contribution >= 4 is 23.8 Å². The Kier molecular flexibility index (Phi) is 29.4. The zero-order valence-corrected chi connectivity index (χ0v) is 38.0. The van der Waals surface area contributed by atoms with Gasteiger partial charge in [0.1, 0.15) is 19.3 Å². The highest BCUT2D eigenvalue weighted by atomic mass is 16.7. The summed E-state index contributed by atoms with van der Waals surface area (Å²) in [6.07, 6.45) is 23.7. The average Bonchev–Trinajstić information content (AvgIpc) is 3.17. The molecule has 0 spiro atoms. The van der Waals surface area contributed by atoms with Crippen molar-refractivity contribution in [1.82, 2.24) is 5.32 Å². The SMILES string of the molecule is CCCCCCCCC(CCCCCC)C(=O)OCC(COC(=O)CCNC(=O)[C@@H]1OC(C)(C)OCC1(C)C)OC(=O)C(CCCCCC)CCCCCCCC. The van der Waals surface area contributed by atoms with Crippen LogP contribution in [0.2, 0.25) is 0 Å². The fourth-order valence-corrected chi connectivity index (χ4v) is 7.37. The quantitative estimate of drug-likeness (QED) is 0.0378. The third kappa shape index (κ3) is 25.1. The van der Waals surface area contributed by atoms with Crippen LogP contribution in [0.5, 0.6) is 0 Å². The fraction of sp³-hybridized carbons (Fsp3) is 0.915. The van der Waals surface area contributed by atoms with E-state index < -0.39 is 29.4 Å². The third-order valence-electron chi connectivity index (χ3n) is 11.2. The second-order valence-electron chi connectivity index (χ2n) is 17.8. The van der Waals surface area contributed by atoms with Crippen LogP contribution in [0.1, 0.15) is 216 Å². The van der Waals surface area contributed by atoms with Crippen LogP contribution in [0, 0.1) is 17.3 Å². The number of unbranched alkanes of at least 4 members (excludes halogenated alkanes) is 16. The standard InChI is InChI=1S/C47H87NO9/c1-9-13-17-21-23-27-30-38(29-25-19-15-11-3)44(51)54-36-40(56-45(52)39(31-26-20-16-12-4)32-28-24-22-18-14-10-2)35-53-41(49)33-34-48-43(50)42-46(5,6)37-55-47(7,8)57-42/h38-40,42H,9-37H2,1-8H3,(H,48,50)/t38?,39?,40?,42-/m0/s1. The Balaban J connectivity index is 2.98. The first-order chi connectivity index (χ1) is 27.3. The Bertz CT molecular complexity index is 1080. The van der Waals surface area contributed by atoms with E-state index in [0.717, 1.165) is 109 Å². The number of carbonyl (C=O) groups is 4. The third-order valence-corrected chi connectivity index (χ3v) is 11.2. The van der Waals surface area contributed by atoms with E-state index in [1.165, 1.54) is 44.9 Å². The van der Waals surface area contributed by atoms with E-state index in [2.05, 4.69) is 33.0 Å². The molecule has 1 fully saturated rings. The first-order valence-electron chi connectivity index (χ1n) is 23.4. The Morgan fingerprint density at radius 1 is 0.596 bits per heavy atom. The highest BCUT2D eigenvalue weighted by molar-refractivity contribution is 5.82. The molecule has 3 unspecified atom stereocenters. The Hall–Kier alpha value is -2.20. The number of carbonyl (C=O) groups excluding carboxylic acids is 4. The highest BCUT2D eigenvalue weighted by Gasteiger charge is 2.45. The van der Waals surface area contributed by atoms with Crippen molar-refractivity contribution in [2.45, 2.75) is 234 Å². The maximum atomic E-state index is 13.8. The van der Waals surface area contributed by atoms with Gasteiger partial charge in [0.2, 0.25) is 5.91 Å². The maximum absolute atomic E-state index is 13.8. The number of esters is 3. The van der Waals surface area contributed by atoms with Gasteiger partial charge in [-0.25, -0.2) is 0 Å². The molecule has 57 heavy (non-hydrogen) atoms. The fourth-order valence-electron chi connectivity index (χ4n) is 7.37. The number of amides is 1. The first-order valence-corrected chi connectivity index (χ1v) is 23.4. The zero-order chi connectivity index (χ0) is 42.4. The van der Waals surface area contributed by atoms with Crippen LogP contribution in [0.4, 0.5) is 0 Å². The lowest BCUT2D eigenvalue weighted by atomic mass is 9.85. The summed E-state index contributed by atoms with van der Waals surface area (Å²) in [6.45, 7) is 16.2. The second kappa shape index (κ2) is 31.7. The van der Waals surface area contributed by atoms with Crippen LogP contribution in [0.25, 0.3) is 0 Å². The molecule has 4 atom stereocenters. The van der Waals surface area contributed by atoms with Crippen molar-refractivity contribution in [3.63, 3.8) is 0 Å². The maximum Gasteiger partial charge on any atom is 0.309 e. The predicted octanol–water partition coefficient (Wildman–Crippen LogP) is 11.3. The van der Waals surface area contributed by atoms with Crippen LogP contribution in [0.15, 0.2) is 0 Å². The molecule has 0 radical (unpaired) electrons. The summed E-state index contributed by atoms with van der Waals surface area (Å²) in [5.74, 6) is -2.78. The summed E-state index contributed by atoms with van der Waals surface area (Å²) in [7, 11) is 0. The monoisotopic (exact) mass is 810 g/mol. The predicted molar refractivity (Wildman–Crippen MR) is 229 cm³/mol. The average molecular weight is 810 g/mol. The van der Waals surface area contributed by atoms with Gasteiger partial charge >= 0.3 is 17.9 Å². The second-order valence-corrected chi connectivity index (χ2v) is 17.8. The van der Waals surface area contributed by atoms with Gasteiger partial charge in [0.15, 0.2) is 11.9 Å². The molecule has 1 rings (SSSR count). The Morgan fingerprint density at radius 3 is 1.51 bits per heavy atom. The number of hydrogen-bond donors (Lipinski definition) is 1. The van der Waals surface area contributed by atoms with E-state index in [4.69, 9.17) is 23.7 Å². The summed E-state index contributed by atoms with van der Waals surface area (Å²) in [4.78, 5) is 53.4. The zero-order valence-electron chi connectivity index (χ0n) is 38.0. The van der Waals surface area contributed by atoms with E-state index in [9.17, 15) is 19.2 Å². The van der Waals surface area contributed by atoms with E-state index in [0.29, 0.717) is 6.61 Å². The molecule has 0 aliphatic carbocycles. The molecule has 1 amide bonds. The largest absolute Gasteiger partial charge is 0.462 e. The van der Waals surface area contributed by atoms with E-state index >= 15 is 0 Å². The number of rotatable bonds is 35. The highest BCUT2D eigenvalue weighted by Crippen LogP contribution is 2.35. The van der Waals surface area contributed by atoms with Gasteiger partial charge in [0.25, 0.3) is 0 Å². The van der Waals surface area contributed by atoms with Crippen molar-refractivity contribution in [1.29, 1.82) is 0 Å². The van der Waals surface area contributed by atoms with Crippen molar-refractivity contribution in [3.05, 3.63) is 0 Å². The van der Waals surface area contributed by atoms with Crippen molar-refractivity contribution in [2.75, 3.05) is 26.4 Å². The molecular weight excluding hydrogens is 723 g/mol. The van der Waals surface area contributed by atoms with Crippen LogP contribution >= 0.6 is 0 Å². The molecule has 1 heterocycles. The molecule has 1 aliphatic heterocycles. The normalized spacial score (nSPS) is 17.6. The molecule has 1 saturated heterocycles. The summed E-state index contributed by atoms with van der Waals surface area (Å²) >= 11 is 0. The minimum atomic E-state index is -0.920. The van der Waals surface area contributed by atoms with Crippen molar-refractivity contribution in [3.8, 4) is 0 Å².